The lowest BCUT2D eigenvalue weighted by Crippen LogP contribution is -2.32. The molecule has 2 N–H and O–H groups in total. The van der Waals surface area contributed by atoms with Gasteiger partial charge in [0.2, 0.25) is 0 Å². The second kappa shape index (κ2) is 5.18. The van der Waals surface area contributed by atoms with Gasteiger partial charge in [-0.1, -0.05) is 26.0 Å². The molecule has 20 heavy (non-hydrogen) atoms. The molecule has 0 aromatic heterocycles. The first-order chi connectivity index (χ1) is 9.29. The highest BCUT2D eigenvalue weighted by atomic mass is 32.2. The van der Waals surface area contributed by atoms with Crippen molar-refractivity contribution >= 4 is 15.9 Å². The van der Waals surface area contributed by atoms with E-state index in [2.05, 4.69) is 0 Å². The van der Waals surface area contributed by atoms with Gasteiger partial charge in [-0.25, -0.2) is 12.7 Å². The molecule has 0 bridgehead atoms. The monoisotopic (exact) mass is 296 g/mol. The summed E-state index contributed by atoms with van der Waals surface area (Å²) in [5.41, 5.74) is 5.88. The number of rotatable bonds is 5. The molecule has 2 rings (SSSR count). The minimum absolute atomic E-state index is 0.0423. The van der Waals surface area contributed by atoms with Crippen molar-refractivity contribution in [1.82, 2.24) is 4.31 Å². The maximum atomic E-state index is 12.3. The Bertz CT molecular complexity index is 623. The molecule has 1 aromatic carbocycles. The van der Waals surface area contributed by atoms with Gasteiger partial charge in [-0.05, 0) is 36.9 Å². The molecule has 0 aliphatic carbocycles. The molecule has 110 valence electrons. The first kappa shape index (κ1) is 15.0. The summed E-state index contributed by atoms with van der Waals surface area (Å²) in [4.78, 5) is 12.3. The number of nitrogens with zero attached hydrogens (tertiary/aromatic N) is 1. The van der Waals surface area contributed by atoms with E-state index in [1.807, 2.05) is 13.8 Å². The number of hydrogen-bond donors (Lipinski definition) is 1. The van der Waals surface area contributed by atoms with Crippen molar-refractivity contribution in [3.63, 3.8) is 0 Å². The maximum absolute atomic E-state index is 12.3. The second-order valence-electron chi connectivity index (χ2n) is 5.85. The SMILES string of the molecule is CC(C)(CN)CCCN1C(=O)c2ccccc2S1(=O)=O. The van der Waals surface area contributed by atoms with Crippen LogP contribution < -0.4 is 5.73 Å². The topological polar surface area (TPSA) is 80.5 Å². The number of hydrogen-bond acceptors (Lipinski definition) is 4. The summed E-state index contributed by atoms with van der Waals surface area (Å²) in [6.07, 6.45) is 1.39. The van der Waals surface area contributed by atoms with E-state index in [1.165, 1.54) is 6.07 Å². The van der Waals surface area contributed by atoms with E-state index >= 15 is 0 Å². The Balaban J connectivity index is 2.14. The Hall–Kier alpha value is -1.40. The summed E-state index contributed by atoms with van der Waals surface area (Å²) in [6, 6.07) is 6.34. The lowest BCUT2D eigenvalue weighted by atomic mass is 9.88. The third kappa shape index (κ3) is 2.58. The molecule has 0 saturated heterocycles. The fourth-order valence-electron chi connectivity index (χ4n) is 2.26. The van der Waals surface area contributed by atoms with Crippen LogP contribution in [0, 0.1) is 5.41 Å². The Morgan fingerprint density at radius 1 is 1.25 bits per heavy atom. The third-order valence-corrected chi connectivity index (χ3v) is 5.52. The summed E-state index contributed by atoms with van der Waals surface area (Å²) >= 11 is 0. The average Bonchev–Trinajstić information content (AvgIpc) is 2.60. The molecule has 1 amide bonds. The molecular weight excluding hydrogens is 276 g/mol. The van der Waals surface area contributed by atoms with Crippen LogP contribution in [0.4, 0.5) is 0 Å². The van der Waals surface area contributed by atoms with Gasteiger partial charge in [0.1, 0.15) is 4.90 Å². The van der Waals surface area contributed by atoms with Gasteiger partial charge in [0.25, 0.3) is 15.9 Å². The molecule has 0 saturated carbocycles. The van der Waals surface area contributed by atoms with E-state index in [-0.39, 0.29) is 22.4 Å². The first-order valence-corrected chi connectivity index (χ1v) is 8.10. The molecule has 0 radical (unpaired) electrons. The van der Waals surface area contributed by atoms with Crippen molar-refractivity contribution < 1.29 is 13.2 Å². The van der Waals surface area contributed by atoms with Gasteiger partial charge in [0, 0.05) is 6.54 Å². The zero-order chi connectivity index (χ0) is 15.0. The van der Waals surface area contributed by atoms with Crippen LogP contribution in [0.2, 0.25) is 0 Å². The Kier molecular flexibility index (Phi) is 3.88. The highest BCUT2D eigenvalue weighted by molar-refractivity contribution is 7.90. The smallest absolute Gasteiger partial charge is 0.269 e. The lowest BCUT2D eigenvalue weighted by Gasteiger charge is -2.23. The van der Waals surface area contributed by atoms with Crippen molar-refractivity contribution in [1.29, 1.82) is 0 Å². The van der Waals surface area contributed by atoms with Crippen LogP contribution in [0.1, 0.15) is 37.0 Å². The van der Waals surface area contributed by atoms with E-state index in [0.29, 0.717) is 13.0 Å². The van der Waals surface area contributed by atoms with E-state index in [1.54, 1.807) is 18.2 Å². The zero-order valence-corrected chi connectivity index (χ0v) is 12.6. The molecule has 0 fully saturated rings. The minimum atomic E-state index is -3.67. The van der Waals surface area contributed by atoms with Crippen LogP contribution >= 0.6 is 0 Å². The fraction of sp³-hybridized carbons (Fsp3) is 0.500. The van der Waals surface area contributed by atoms with Crippen molar-refractivity contribution in [2.45, 2.75) is 31.6 Å². The molecular formula is C14H20N2O3S. The summed E-state index contributed by atoms with van der Waals surface area (Å²) in [6.45, 7) is 4.80. The number of sulfonamides is 1. The summed E-state index contributed by atoms with van der Waals surface area (Å²) in [5.74, 6) is -0.425. The van der Waals surface area contributed by atoms with Gasteiger partial charge < -0.3 is 5.73 Å². The zero-order valence-electron chi connectivity index (χ0n) is 11.8. The molecule has 1 aromatic rings. The van der Waals surface area contributed by atoms with Crippen molar-refractivity contribution in [2.75, 3.05) is 13.1 Å². The molecule has 1 aliphatic rings. The first-order valence-electron chi connectivity index (χ1n) is 6.66. The Morgan fingerprint density at radius 2 is 1.90 bits per heavy atom. The van der Waals surface area contributed by atoms with E-state index in [9.17, 15) is 13.2 Å². The van der Waals surface area contributed by atoms with Crippen LogP contribution in [-0.2, 0) is 10.0 Å². The number of amides is 1. The number of benzene rings is 1. The highest BCUT2D eigenvalue weighted by Gasteiger charge is 2.40. The molecule has 1 aliphatic heterocycles. The molecule has 1 heterocycles. The van der Waals surface area contributed by atoms with E-state index in [4.69, 9.17) is 5.73 Å². The van der Waals surface area contributed by atoms with Crippen LogP contribution in [-0.4, -0.2) is 31.7 Å². The Morgan fingerprint density at radius 3 is 2.50 bits per heavy atom. The van der Waals surface area contributed by atoms with Gasteiger partial charge in [-0.3, -0.25) is 4.79 Å². The van der Waals surface area contributed by atoms with Crippen molar-refractivity contribution in [3.8, 4) is 0 Å². The van der Waals surface area contributed by atoms with Gasteiger partial charge in [-0.15, -0.1) is 0 Å². The lowest BCUT2D eigenvalue weighted by molar-refractivity contribution is 0.0866. The summed E-state index contributed by atoms with van der Waals surface area (Å²) in [7, 11) is -3.67. The normalized spacial score (nSPS) is 17.4. The number of carbonyl (C=O) groups excluding carboxylic acids is 1. The molecule has 0 unspecified atom stereocenters. The van der Waals surface area contributed by atoms with Crippen molar-refractivity contribution in [2.24, 2.45) is 11.1 Å². The predicted octanol–water partition coefficient (Wildman–Crippen LogP) is 1.60. The summed E-state index contributed by atoms with van der Waals surface area (Å²) in [5, 5.41) is 0. The van der Waals surface area contributed by atoms with Crippen LogP contribution in [0.15, 0.2) is 29.2 Å². The summed E-state index contributed by atoms with van der Waals surface area (Å²) < 4.78 is 25.6. The van der Waals surface area contributed by atoms with Gasteiger partial charge in [0.15, 0.2) is 0 Å². The van der Waals surface area contributed by atoms with E-state index in [0.717, 1.165) is 10.7 Å². The van der Waals surface area contributed by atoms with Crippen LogP contribution in [0.5, 0.6) is 0 Å². The van der Waals surface area contributed by atoms with Crippen molar-refractivity contribution in [3.05, 3.63) is 29.8 Å². The third-order valence-electron chi connectivity index (χ3n) is 3.68. The minimum Gasteiger partial charge on any atom is -0.330 e. The predicted molar refractivity (Wildman–Crippen MR) is 76.7 cm³/mol. The maximum Gasteiger partial charge on any atom is 0.269 e. The van der Waals surface area contributed by atoms with Crippen LogP contribution in [0.3, 0.4) is 0 Å². The second-order valence-corrected chi connectivity index (χ2v) is 7.68. The fourth-order valence-corrected chi connectivity index (χ4v) is 3.86. The number of nitrogens with two attached hydrogens (primary N) is 1. The average molecular weight is 296 g/mol. The Labute approximate surface area is 119 Å². The van der Waals surface area contributed by atoms with Gasteiger partial charge in [0.05, 0.1) is 5.56 Å². The molecule has 5 nitrogen and oxygen atoms in total. The van der Waals surface area contributed by atoms with Gasteiger partial charge >= 0.3 is 0 Å². The quantitative estimate of drug-likeness (QED) is 0.895. The highest BCUT2D eigenvalue weighted by Crippen LogP contribution is 2.31. The standard InChI is InChI=1S/C14H20N2O3S/c1-14(2,10-15)8-5-9-16-13(17)11-6-3-4-7-12(11)20(16,18)19/h3-4,6-7H,5,8-10,15H2,1-2H3. The van der Waals surface area contributed by atoms with E-state index < -0.39 is 15.9 Å². The molecule has 0 atom stereocenters. The number of fused-ring (bicyclic) bond motifs is 1. The largest absolute Gasteiger partial charge is 0.330 e. The number of carbonyl (C=O) groups is 1. The van der Waals surface area contributed by atoms with Crippen LogP contribution in [0.25, 0.3) is 0 Å². The molecule has 0 spiro atoms. The van der Waals surface area contributed by atoms with Gasteiger partial charge in [-0.2, -0.15) is 0 Å². The molecule has 6 heteroatoms.